The molecule has 1 aliphatic rings. The first-order valence-corrected chi connectivity index (χ1v) is 12.4. The standard InChI is InChI=1S/C31H19N2O3P/c34-28-24-14-19-6-4-5-7-20(19)15-25(24)29(35)26(28)16-22-17-27-30(33(22)21-8-2-1-3-9-21)32-31(36-27)18-10-12-23(37)13-11-18/h1-17H,37H2. The Morgan fingerprint density at radius 2 is 1.38 bits per heavy atom. The van der Waals surface area contributed by atoms with Crippen molar-refractivity contribution in [1.82, 2.24) is 9.55 Å². The molecule has 0 fully saturated rings. The van der Waals surface area contributed by atoms with Gasteiger partial charge in [0.2, 0.25) is 5.89 Å². The molecular weight excluding hydrogens is 479 g/mol. The van der Waals surface area contributed by atoms with E-state index >= 15 is 0 Å². The predicted molar refractivity (Wildman–Crippen MR) is 149 cm³/mol. The zero-order chi connectivity index (χ0) is 25.1. The Morgan fingerprint density at radius 1 is 0.757 bits per heavy atom. The smallest absolute Gasteiger partial charge is 0.228 e. The summed E-state index contributed by atoms with van der Waals surface area (Å²) in [7, 11) is 2.67. The number of carbonyl (C=O) groups excluding carboxylic acids is 2. The summed E-state index contributed by atoms with van der Waals surface area (Å²) in [4.78, 5) is 31.6. The number of rotatable bonds is 3. The Morgan fingerprint density at radius 3 is 2.03 bits per heavy atom. The largest absolute Gasteiger partial charge is 0.434 e. The van der Waals surface area contributed by atoms with Crippen LogP contribution in [0.4, 0.5) is 0 Å². The lowest BCUT2D eigenvalue weighted by Gasteiger charge is -2.07. The number of allylic oxidation sites excluding steroid dienone is 1. The molecule has 0 aliphatic heterocycles. The van der Waals surface area contributed by atoms with Gasteiger partial charge < -0.3 is 4.42 Å². The Kier molecular flexibility index (Phi) is 4.82. The first-order chi connectivity index (χ1) is 18.1. The minimum absolute atomic E-state index is 0.138. The van der Waals surface area contributed by atoms with Gasteiger partial charge >= 0.3 is 0 Å². The van der Waals surface area contributed by atoms with Crippen molar-refractivity contribution >= 4 is 54.2 Å². The summed E-state index contributed by atoms with van der Waals surface area (Å²) in [5.74, 6) is -0.0327. The minimum atomic E-state index is -0.269. The van der Waals surface area contributed by atoms with Crippen molar-refractivity contribution in [3.8, 4) is 17.1 Å². The second-order valence-electron chi connectivity index (χ2n) is 9.03. The lowest BCUT2D eigenvalue weighted by atomic mass is 10.0. The first kappa shape index (κ1) is 21.7. The maximum absolute atomic E-state index is 13.4. The number of Topliss-reactive ketones (excluding diaryl/α,β-unsaturated/α-hetero) is 2. The highest BCUT2D eigenvalue weighted by Gasteiger charge is 2.34. The van der Waals surface area contributed by atoms with Gasteiger partial charge in [0.25, 0.3) is 0 Å². The van der Waals surface area contributed by atoms with E-state index in [1.54, 1.807) is 6.08 Å². The number of oxazole rings is 1. The fourth-order valence-electron chi connectivity index (χ4n) is 4.89. The van der Waals surface area contributed by atoms with E-state index in [1.165, 1.54) is 0 Å². The van der Waals surface area contributed by atoms with Crippen LogP contribution in [0.15, 0.2) is 107 Å². The van der Waals surface area contributed by atoms with Crippen LogP contribution in [0.25, 0.3) is 45.2 Å². The molecule has 0 radical (unpaired) electrons. The number of ketones is 2. The van der Waals surface area contributed by atoms with Crippen LogP contribution in [0.3, 0.4) is 0 Å². The van der Waals surface area contributed by atoms with Crippen molar-refractivity contribution < 1.29 is 14.0 Å². The van der Waals surface area contributed by atoms with E-state index in [-0.39, 0.29) is 17.1 Å². The van der Waals surface area contributed by atoms with E-state index in [0.717, 1.165) is 27.3 Å². The second-order valence-corrected chi connectivity index (χ2v) is 9.70. The number of aromatic nitrogens is 2. The predicted octanol–water partition coefficient (Wildman–Crippen LogP) is 6.40. The highest BCUT2D eigenvalue weighted by Crippen LogP contribution is 2.34. The molecule has 6 heteroatoms. The van der Waals surface area contributed by atoms with Crippen molar-refractivity contribution in [2.45, 2.75) is 0 Å². The molecule has 0 saturated carbocycles. The van der Waals surface area contributed by atoms with E-state index in [1.807, 2.05) is 102 Å². The summed E-state index contributed by atoms with van der Waals surface area (Å²) >= 11 is 0. The molecule has 0 saturated heterocycles. The van der Waals surface area contributed by atoms with E-state index in [4.69, 9.17) is 9.40 Å². The van der Waals surface area contributed by atoms with Crippen LogP contribution in [0, 0.1) is 0 Å². The number of hydrogen-bond acceptors (Lipinski definition) is 4. The minimum Gasteiger partial charge on any atom is -0.434 e. The van der Waals surface area contributed by atoms with E-state index in [9.17, 15) is 9.59 Å². The summed E-state index contributed by atoms with van der Waals surface area (Å²) in [5.41, 5.74) is 4.57. The van der Waals surface area contributed by atoms with Crippen LogP contribution in [0.2, 0.25) is 0 Å². The van der Waals surface area contributed by atoms with Crippen LogP contribution in [0.5, 0.6) is 0 Å². The van der Waals surface area contributed by atoms with Crippen LogP contribution in [0.1, 0.15) is 26.4 Å². The summed E-state index contributed by atoms with van der Waals surface area (Å²) in [6, 6.07) is 30.8. The van der Waals surface area contributed by atoms with Crippen molar-refractivity contribution in [3.05, 3.63) is 119 Å². The molecule has 0 spiro atoms. The number of benzene rings is 4. The second kappa shape index (κ2) is 8.22. The molecule has 0 bridgehead atoms. The zero-order valence-electron chi connectivity index (χ0n) is 19.5. The third-order valence-corrected chi connectivity index (χ3v) is 7.10. The summed E-state index contributed by atoms with van der Waals surface area (Å²) < 4.78 is 8.05. The summed E-state index contributed by atoms with van der Waals surface area (Å²) in [6.07, 6.45) is 1.66. The number of nitrogens with zero attached hydrogens (tertiary/aromatic N) is 2. The maximum Gasteiger partial charge on any atom is 0.228 e. The Bertz CT molecular complexity index is 1860. The van der Waals surface area contributed by atoms with Crippen LogP contribution in [-0.2, 0) is 0 Å². The van der Waals surface area contributed by atoms with E-state index in [0.29, 0.717) is 33.9 Å². The number of carbonyl (C=O) groups is 2. The van der Waals surface area contributed by atoms with E-state index < -0.39 is 0 Å². The molecule has 176 valence electrons. The van der Waals surface area contributed by atoms with Crippen molar-refractivity contribution in [3.63, 3.8) is 0 Å². The number of fused-ring (bicyclic) bond motifs is 3. The average Bonchev–Trinajstić information content (AvgIpc) is 3.55. The molecule has 2 aromatic heterocycles. The van der Waals surface area contributed by atoms with Gasteiger partial charge in [0.05, 0.1) is 11.3 Å². The monoisotopic (exact) mass is 498 g/mol. The van der Waals surface area contributed by atoms with Gasteiger partial charge in [-0.2, -0.15) is 4.98 Å². The molecule has 0 N–H and O–H groups in total. The molecule has 37 heavy (non-hydrogen) atoms. The Hall–Kier alpha value is -4.60. The summed E-state index contributed by atoms with van der Waals surface area (Å²) in [6.45, 7) is 0. The molecule has 2 heterocycles. The van der Waals surface area contributed by atoms with Gasteiger partial charge in [-0.15, -0.1) is 9.24 Å². The summed E-state index contributed by atoms with van der Waals surface area (Å²) in [5, 5.41) is 2.93. The van der Waals surface area contributed by atoms with Crippen LogP contribution in [-0.4, -0.2) is 21.1 Å². The molecule has 0 amide bonds. The van der Waals surface area contributed by atoms with Crippen molar-refractivity contribution in [2.24, 2.45) is 0 Å². The Labute approximate surface area is 214 Å². The van der Waals surface area contributed by atoms with Gasteiger partial charge in [-0.3, -0.25) is 14.2 Å². The lowest BCUT2D eigenvalue weighted by Crippen LogP contribution is -2.03. The fourth-order valence-corrected chi connectivity index (χ4v) is 5.08. The normalized spacial score (nSPS) is 13.1. The SMILES string of the molecule is O=C1C(=Cc2cc3oc(-c4ccc(P)cc4)nc3n2-c2ccccc2)C(=O)c2cc3ccccc3cc21. The Balaban J connectivity index is 1.39. The topological polar surface area (TPSA) is 65.1 Å². The third kappa shape index (κ3) is 3.47. The lowest BCUT2D eigenvalue weighted by molar-refractivity contribution is 0.0990. The van der Waals surface area contributed by atoms with Crippen LogP contribution >= 0.6 is 9.24 Å². The fraction of sp³-hybridized carbons (Fsp3) is 0. The molecule has 5 nitrogen and oxygen atoms in total. The zero-order valence-corrected chi connectivity index (χ0v) is 20.7. The van der Waals surface area contributed by atoms with Gasteiger partial charge in [0.15, 0.2) is 22.8 Å². The van der Waals surface area contributed by atoms with Gasteiger partial charge in [0, 0.05) is 28.4 Å². The highest BCUT2D eigenvalue weighted by atomic mass is 31.0. The van der Waals surface area contributed by atoms with Crippen molar-refractivity contribution in [2.75, 3.05) is 0 Å². The molecular formula is C31H19N2O3P. The van der Waals surface area contributed by atoms with Crippen LogP contribution < -0.4 is 5.30 Å². The molecule has 6 aromatic rings. The van der Waals surface area contributed by atoms with Gasteiger partial charge in [-0.25, -0.2) is 0 Å². The van der Waals surface area contributed by atoms with Gasteiger partial charge in [0.1, 0.15) is 0 Å². The van der Waals surface area contributed by atoms with Gasteiger partial charge in [-0.1, -0.05) is 54.6 Å². The van der Waals surface area contributed by atoms with Crippen molar-refractivity contribution in [1.29, 1.82) is 0 Å². The number of hydrogen-bond donors (Lipinski definition) is 0. The highest BCUT2D eigenvalue weighted by molar-refractivity contribution is 7.27. The molecule has 1 unspecified atom stereocenters. The van der Waals surface area contributed by atoms with E-state index in [2.05, 4.69) is 9.24 Å². The quantitative estimate of drug-likeness (QED) is 0.161. The maximum atomic E-state index is 13.4. The number of para-hydroxylation sites is 1. The molecule has 4 aromatic carbocycles. The first-order valence-electron chi connectivity index (χ1n) is 11.8. The molecule has 1 atom stereocenters. The molecule has 1 aliphatic carbocycles. The average molecular weight is 498 g/mol. The van der Waals surface area contributed by atoms with Gasteiger partial charge in [-0.05, 0) is 58.6 Å². The third-order valence-electron chi connectivity index (χ3n) is 6.71. The molecule has 7 rings (SSSR count).